The van der Waals surface area contributed by atoms with Gasteiger partial charge < -0.3 is 15.0 Å². The summed E-state index contributed by atoms with van der Waals surface area (Å²) in [5.41, 5.74) is 1.36. The highest BCUT2D eigenvalue weighted by Gasteiger charge is 2.42. The van der Waals surface area contributed by atoms with Gasteiger partial charge in [-0.05, 0) is 45.1 Å². The van der Waals surface area contributed by atoms with Crippen molar-refractivity contribution in [3.8, 4) is 0 Å². The number of hydrogen-bond donors (Lipinski definition) is 2. The van der Waals surface area contributed by atoms with Crippen molar-refractivity contribution in [1.82, 2.24) is 15.3 Å². The second-order valence-corrected chi connectivity index (χ2v) is 6.38. The molecule has 0 saturated heterocycles. The SMILES string of the molecule is CCOC1(c2ncc(CNC)[nH]2)CCC(C)(C)CC1. The smallest absolute Gasteiger partial charge is 0.138 e. The Balaban J connectivity index is 2.19. The van der Waals surface area contributed by atoms with Crippen molar-refractivity contribution in [2.75, 3.05) is 13.7 Å². The molecule has 108 valence electrons. The fourth-order valence-corrected chi connectivity index (χ4v) is 2.93. The van der Waals surface area contributed by atoms with Gasteiger partial charge in [-0.3, -0.25) is 0 Å². The zero-order valence-electron chi connectivity index (χ0n) is 12.7. The van der Waals surface area contributed by atoms with Gasteiger partial charge in [-0.2, -0.15) is 0 Å². The van der Waals surface area contributed by atoms with E-state index in [1.165, 1.54) is 12.8 Å². The molecule has 1 heterocycles. The molecule has 1 aliphatic rings. The normalized spacial score (nSPS) is 21.5. The standard InChI is InChI=1S/C15H27N3O/c1-5-19-15(8-6-14(2,3)7-9-15)13-17-11-12(18-13)10-16-4/h11,16H,5-10H2,1-4H3,(H,17,18). The van der Waals surface area contributed by atoms with E-state index in [0.717, 1.165) is 37.5 Å². The summed E-state index contributed by atoms with van der Waals surface area (Å²) in [6.45, 7) is 8.32. The van der Waals surface area contributed by atoms with E-state index in [0.29, 0.717) is 5.41 Å². The average Bonchev–Trinajstić information content (AvgIpc) is 2.82. The summed E-state index contributed by atoms with van der Waals surface area (Å²) < 4.78 is 6.13. The van der Waals surface area contributed by atoms with Crippen LogP contribution in [0.2, 0.25) is 0 Å². The summed E-state index contributed by atoms with van der Waals surface area (Å²) >= 11 is 0. The van der Waals surface area contributed by atoms with E-state index in [1.807, 2.05) is 13.2 Å². The number of aromatic nitrogens is 2. The maximum absolute atomic E-state index is 6.13. The third-order valence-electron chi connectivity index (χ3n) is 4.26. The van der Waals surface area contributed by atoms with Crippen LogP contribution in [0, 0.1) is 5.41 Å². The topological polar surface area (TPSA) is 49.9 Å². The predicted octanol–water partition coefficient (Wildman–Crippen LogP) is 2.96. The molecule has 1 saturated carbocycles. The first-order chi connectivity index (χ1) is 9.01. The molecular weight excluding hydrogens is 238 g/mol. The van der Waals surface area contributed by atoms with E-state index < -0.39 is 0 Å². The lowest BCUT2D eigenvalue weighted by atomic mass is 9.70. The molecule has 0 aliphatic heterocycles. The van der Waals surface area contributed by atoms with Gasteiger partial charge in [-0.25, -0.2) is 4.98 Å². The van der Waals surface area contributed by atoms with Crippen molar-refractivity contribution < 1.29 is 4.74 Å². The van der Waals surface area contributed by atoms with E-state index in [1.54, 1.807) is 0 Å². The molecule has 19 heavy (non-hydrogen) atoms. The second kappa shape index (κ2) is 5.63. The fraction of sp³-hybridized carbons (Fsp3) is 0.800. The van der Waals surface area contributed by atoms with E-state index in [-0.39, 0.29) is 5.60 Å². The third kappa shape index (κ3) is 3.18. The van der Waals surface area contributed by atoms with Crippen LogP contribution in [-0.4, -0.2) is 23.6 Å². The van der Waals surface area contributed by atoms with Gasteiger partial charge in [-0.1, -0.05) is 13.8 Å². The molecule has 2 N–H and O–H groups in total. The average molecular weight is 265 g/mol. The van der Waals surface area contributed by atoms with Crippen LogP contribution in [0.1, 0.15) is 58.0 Å². The van der Waals surface area contributed by atoms with Gasteiger partial charge in [0.15, 0.2) is 0 Å². The molecule has 1 aromatic heterocycles. The number of ether oxygens (including phenoxy) is 1. The van der Waals surface area contributed by atoms with E-state index in [9.17, 15) is 0 Å². The Hall–Kier alpha value is -0.870. The van der Waals surface area contributed by atoms with Crippen LogP contribution in [0.5, 0.6) is 0 Å². The number of hydrogen-bond acceptors (Lipinski definition) is 3. The van der Waals surface area contributed by atoms with Crippen LogP contribution < -0.4 is 5.32 Å². The first-order valence-electron chi connectivity index (χ1n) is 7.34. The third-order valence-corrected chi connectivity index (χ3v) is 4.26. The minimum Gasteiger partial charge on any atom is -0.367 e. The van der Waals surface area contributed by atoms with Crippen molar-refractivity contribution in [2.45, 2.75) is 58.6 Å². The number of nitrogens with one attached hydrogen (secondary N) is 2. The number of aromatic amines is 1. The van der Waals surface area contributed by atoms with Crippen molar-refractivity contribution in [3.05, 3.63) is 17.7 Å². The van der Waals surface area contributed by atoms with Crippen molar-refractivity contribution in [2.24, 2.45) is 5.41 Å². The largest absolute Gasteiger partial charge is 0.367 e. The fourth-order valence-electron chi connectivity index (χ4n) is 2.93. The summed E-state index contributed by atoms with van der Waals surface area (Å²) in [5.74, 6) is 1.01. The molecule has 0 aromatic carbocycles. The lowest BCUT2D eigenvalue weighted by Gasteiger charge is -2.42. The Kier molecular flexibility index (Phi) is 4.31. The summed E-state index contributed by atoms with van der Waals surface area (Å²) in [6.07, 6.45) is 6.41. The van der Waals surface area contributed by atoms with Crippen LogP contribution in [0.25, 0.3) is 0 Å². The molecular formula is C15H27N3O. The molecule has 0 radical (unpaired) electrons. The minimum atomic E-state index is -0.198. The van der Waals surface area contributed by atoms with Crippen LogP contribution in [0.4, 0.5) is 0 Å². The zero-order valence-corrected chi connectivity index (χ0v) is 12.7. The molecule has 1 fully saturated rings. The highest BCUT2D eigenvalue weighted by molar-refractivity contribution is 5.11. The molecule has 0 amide bonds. The Morgan fingerprint density at radius 2 is 2.00 bits per heavy atom. The van der Waals surface area contributed by atoms with Gasteiger partial charge in [0, 0.05) is 25.0 Å². The molecule has 0 bridgehead atoms. The van der Waals surface area contributed by atoms with Crippen LogP contribution in [-0.2, 0) is 16.9 Å². The minimum absolute atomic E-state index is 0.198. The predicted molar refractivity (Wildman–Crippen MR) is 76.9 cm³/mol. The molecule has 2 rings (SSSR count). The van der Waals surface area contributed by atoms with Crippen LogP contribution >= 0.6 is 0 Å². The monoisotopic (exact) mass is 265 g/mol. The maximum Gasteiger partial charge on any atom is 0.138 e. The zero-order chi connectivity index (χ0) is 13.9. The first-order valence-corrected chi connectivity index (χ1v) is 7.34. The van der Waals surface area contributed by atoms with Gasteiger partial charge in [0.05, 0.1) is 0 Å². The van der Waals surface area contributed by atoms with Crippen LogP contribution in [0.15, 0.2) is 6.20 Å². The molecule has 1 aliphatic carbocycles. The van der Waals surface area contributed by atoms with Gasteiger partial charge >= 0.3 is 0 Å². The van der Waals surface area contributed by atoms with Gasteiger partial charge in [0.25, 0.3) is 0 Å². The number of H-pyrrole nitrogens is 1. The lowest BCUT2D eigenvalue weighted by molar-refractivity contribution is -0.0943. The molecule has 0 unspecified atom stereocenters. The van der Waals surface area contributed by atoms with Gasteiger partial charge in [0.2, 0.25) is 0 Å². The van der Waals surface area contributed by atoms with E-state index in [2.05, 4.69) is 36.1 Å². The van der Waals surface area contributed by atoms with Gasteiger partial charge in [-0.15, -0.1) is 0 Å². The Morgan fingerprint density at radius 3 is 2.58 bits per heavy atom. The highest BCUT2D eigenvalue weighted by atomic mass is 16.5. The van der Waals surface area contributed by atoms with Crippen molar-refractivity contribution in [1.29, 1.82) is 0 Å². The molecule has 0 atom stereocenters. The summed E-state index contributed by atoms with van der Waals surface area (Å²) in [5, 5.41) is 3.15. The molecule has 4 nitrogen and oxygen atoms in total. The first kappa shape index (κ1) is 14.5. The van der Waals surface area contributed by atoms with E-state index >= 15 is 0 Å². The Bertz CT molecular complexity index is 401. The van der Waals surface area contributed by atoms with Crippen LogP contribution in [0.3, 0.4) is 0 Å². The Labute approximate surface area is 116 Å². The van der Waals surface area contributed by atoms with Gasteiger partial charge in [0.1, 0.15) is 11.4 Å². The summed E-state index contributed by atoms with van der Waals surface area (Å²) in [6, 6.07) is 0. The number of rotatable bonds is 5. The molecule has 4 heteroatoms. The maximum atomic E-state index is 6.13. The Morgan fingerprint density at radius 1 is 1.32 bits per heavy atom. The molecule has 1 aromatic rings. The highest BCUT2D eigenvalue weighted by Crippen LogP contribution is 2.46. The lowest BCUT2D eigenvalue weighted by Crippen LogP contribution is -2.38. The van der Waals surface area contributed by atoms with Crippen molar-refractivity contribution in [3.63, 3.8) is 0 Å². The summed E-state index contributed by atoms with van der Waals surface area (Å²) in [7, 11) is 1.95. The summed E-state index contributed by atoms with van der Waals surface area (Å²) in [4.78, 5) is 8.01. The quantitative estimate of drug-likeness (QED) is 0.860. The van der Waals surface area contributed by atoms with E-state index in [4.69, 9.17) is 4.74 Å². The number of imidazole rings is 1. The number of nitrogens with zero attached hydrogens (tertiary/aromatic N) is 1. The second-order valence-electron chi connectivity index (χ2n) is 6.38. The van der Waals surface area contributed by atoms with Crippen molar-refractivity contribution >= 4 is 0 Å². The molecule has 0 spiro atoms.